The first-order valence-electron chi connectivity index (χ1n) is 29.1. The fraction of sp³-hybridized carbons (Fsp3) is 0.639. The first-order chi connectivity index (χ1) is 39.5. The van der Waals surface area contributed by atoms with Crippen LogP contribution in [0.15, 0.2) is 84.6 Å². The van der Waals surface area contributed by atoms with E-state index in [1.54, 1.807) is 7.11 Å². The second-order valence-electron chi connectivity index (χ2n) is 21.1. The lowest BCUT2D eigenvalue weighted by atomic mass is 9.81. The molecule has 3 atom stereocenters. The molecule has 0 saturated carbocycles. The monoisotopic (exact) mass is 1150 g/mol. The lowest BCUT2D eigenvalue weighted by Gasteiger charge is -2.27. The first-order valence-corrected chi connectivity index (χ1v) is 30.1. The number of carbonyl (C=O) groups excluding carboxylic acids is 3. The van der Waals surface area contributed by atoms with E-state index in [0.717, 1.165) is 31.6 Å². The SMILES string of the molecule is COCCOCCOCCOCC[N+]1=C(C=CC=CC=C2N(CCOCCOCCOCCOCCC(=O)NCCOCCOCCNC(=O)CCCCC3SC[C@@H]4NC(=O)N[C@H]34)c3ccccc3C2(C)C)C(C)(C)c2ccccc21. The first kappa shape index (κ1) is 65.4. The van der Waals surface area contributed by atoms with E-state index in [1.807, 2.05) is 11.8 Å². The molecule has 4 N–H and O–H groups in total. The van der Waals surface area contributed by atoms with E-state index in [2.05, 4.69) is 137 Å². The summed E-state index contributed by atoms with van der Waals surface area (Å²) in [6.07, 6.45) is 14.4. The number of hydrogen-bond acceptors (Lipinski definition) is 15. The number of thioether (sulfide) groups is 1. The van der Waals surface area contributed by atoms with Gasteiger partial charge in [-0.05, 0) is 44.4 Å². The molecule has 0 radical (unpaired) electrons. The van der Waals surface area contributed by atoms with Crippen LogP contribution in [0.3, 0.4) is 0 Å². The van der Waals surface area contributed by atoms with Crippen LogP contribution in [0.5, 0.6) is 0 Å². The van der Waals surface area contributed by atoms with Crippen molar-refractivity contribution in [3.63, 3.8) is 0 Å². The molecule has 4 aliphatic heterocycles. The Morgan fingerprint density at radius 1 is 0.630 bits per heavy atom. The number of amides is 4. The van der Waals surface area contributed by atoms with Gasteiger partial charge in [0.05, 0.1) is 136 Å². The molecule has 2 aromatic rings. The molecule has 2 aromatic carbocycles. The van der Waals surface area contributed by atoms with Gasteiger partial charge in [0, 0.05) is 85.1 Å². The van der Waals surface area contributed by atoms with Crippen molar-refractivity contribution in [2.45, 2.75) is 88.0 Å². The second kappa shape index (κ2) is 36.8. The van der Waals surface area contributed by atoms with Gasteiger partial charge in [-0.1, -0.05) is 74.9 Å². The predicted octanol–water partition coefficient (Wildman–Crippen LogP) is 6.00. The minimum absolute atomic E-state index is 0.0215. The van der Waals surface area contributed by atoms with Crippen LogP contribution in [0.2, 0.25) is 0 Å². The van der Waals surface area contributed by atoms with E-state index in [9.17, 15) is 14.4 Å². The zero-order valence-corrected chi connectivity index (χ0v) is 49.7. The molecule has 19 nitrogen and oxygen atoms in total. The predicted molar refractivity (Wildman–Crippen MR) is 316 cm³/mol. The highest BCUT2D eigenvalue weighted by Crippen LogP contribution is 2.47. The van der Waals surface area contributed by atoms with Crippen molar-refractivity contribution < 1.29 is 66.3 Å². The number of para-hydroxylation sites is 2. The summed E-state index contributed by atoms with van der Waals surface area (Å²) >= 11 is 1.89. The van der Waals surface area contributed by atoms with Crippen molar-refractivity contribution in [2.75, 3.05) is 169 Å². The fourth-order valence-corrected chi connectivity index (χ4v) is 11.9. The van der Waals surface area contributed by atoms with Crippen LogP contribution < -0.4 is 26.2 Å². The summed E-state index contributed by atoms with van der Waals surface area (Å²) in [5.41, 5.74) is 7.11. The number of nitrogens with one attached hydrogen (secondary N) is 4. The largest absolute Gasteiger partial charge is 0.382 e. The standard InChI is InChI=1S/C61H92N6O13S/c1-60(2)48-15-9-11-17-51(48)66(26-31-75-38-41-79-44-43-77-34-33-71-5)54(60)20-7-6-8-21-55-61(3,4)49-16-10-12-18-52(49)67(55)27-32-76-39-42-80-46-45-78-40-35-72-28-23-57(69)63-25-30-74-37-36-73-29-24-62-56(68)22-14-13-19-53-58-50(47-81-53)64-59(70)65-58/h6-12,15-18,20-21,50,53,58H,13-14,19,22-47H2,1-5H3,(H3-,62,63,64,65,68,69,70)/p+1/t50-,53?,58-/m0/s1. The van der Waals surface area contributed by atoms with Gasteiger partial charge in [0.25, 0.3) is 0 Å². The second-order valence-corrected chi connectivity index (χ2v) is 22.4. The highest BCUT2D eigenvalue weighted by atomic mass is 32.2. The number of anilines is 1. The Morgan fingerprint density at radius 2 is 1.19 bits per heavy atom. The molecular weight excluding hydrogens is 1060 g/mol. The summed E-state index contributed by atoms with van der Waals surface area (Å²) < 4.78 is 58.6. The molecule has 81 heavy (non-hydrogen) atoms. The Bertz CT molecular complexity index is 2330. The van der Waals surface area contributed by atoms with Crippen LogP contribution in [0.25, 0.3) is 0 Å². The van der Waals surface area contributed by atoms with Gasteiger partial charge in [-0.3, -0.25) is 9.59 Å². The van der Waals surface area contributed by atoms with E-state index in [4.69, 9.17) is 47.4 Å². The number of carbonyl (C=O) groups is 3. The summed E-state index contributed by atoms with van der Waals surface area (Å²) in [7, 11) is 1.66. The zero-order valence-electron chi connectivity index (χ0n) is 48.9. The summed E-state index contributed by atoms with van der Waals surface area (Å²) in [6.45, 7) is 20.3. The molecule has 4 amide bonds. The highest BCUT2D eigenvalue weighted by Gasteiger charge is 2.45. The van der Waals surface area contributed by atoms with E-state index >= 15 is 0 Å². The molecule has 20 heteroatoms. The Labute approximate surface area is 485 Å². The molecule has 6 rings (SSSR count). The van der Waals surface area contributed by atoms with Gasteiger partial charge in [0.1, 0.15) is 6.61 Å². The van der Waals surface area contributed by atoms with Gasteiger partial charge in [-0.15, -0.1) is 0 Å². The third kappa shape index (κ3) is 21.8. The highest BCUT2D eigenvalue weighted by molar-refractivity contribution is 8.00. The number of urea groups is 1. The normalized spacial score (nSPS) is 19.2. The number of benzene rings is 2. The maximum absolute atomic E-state index is 12.2. The number of hydrogen-bond donors (Lipinski definition) is 4. The van der Waals surface area contributed by atoms with Gasteiger partial charge in [-0.2, -0.15) is 16.3 Å². The summed E-state index contributed by atoms with van der Waals surface area (Å²) in [5.74, 6) is 0.863. The molecule has 2 saturated heterocycles. The Hall–Kier alpha value is -4.71. The van der Waals surface area contributed by atoms with E-state index in [1.165, 1.54) is 33.9 Å². The third-order valence-electron chi connectivity index (χ3n) is 14.6. The van der Waals surface area contributed by atoms with Crippen LogP contribution in [0.1, 0.15) is 70.9 Å². The van der Waals surface area contributed by atoms with Gasteiger partial charge >= 0.3 is 6.03 Å². The molecular formula is C61H93N6O13S+. The van der Waals surface area contributed by atoms with Crippen LogP contribution in [-0.2, 0) is 67.8 Å². The number of rotatable bonds is 44. The fourth-order valence-electron chi connectivity index (χ4n) is 10.3. The molecule has 0 spiro atoms. The van der Waals surface area contributed by atoms with Crippen LogP contribution in [0.4, 0.5) is 16.2 Å². The molecule has 2 fully saturated rings. The lowest BCUT2D eigenvalue weighted by Crippen LogP contribution is -2.36. The van der Waals surface area contributed by atoms with Crippen molar-refractivity contribution >= 4 is 46.7 Å². The Balaban J connectivity index is 0.755. The molecule has 450 valence electrons. The van der Waals surface area contributed by atoms with Crippen molar-refractivity contribution in [2.24, 2.45) is 0 Å². The lowest BCUT2D eigenvalue weighted by molar-refractivity contribution is -0.442. The number of unbranched alkanes of at least 4 members (excludes halogenated alkanes) is 1. The van der Waals surface area contributed by atoms with Crippen molar-refractivity contribution in [1.82, 2.24) is 21.3 Å². The topological polar surface area (TPSA) is 198 Å². The number of ether oxygens (including phenoxy) is 10. The summed E-state index contributed by atoms with van der Waals surface area (Å²) in [6, 6.07) is 17.6. The number of allylic oxidation sites excluding steroid dienone is 6. The van der Waals surface area contributed by atoms with Gasteiger partial charge in [0.15, 0.2) is 12.3 Å². The van der Waals surface area contributed by atoms with E-state index in [-0.39, 0.29) is 47.2 Å². The Kier molecular flexibility index (Phi) is 29.7. The van der Waals surface area contributed by atoms with Crippen LogP contribution in [-0.4, -0.2) is 210 Å². The van der Waals surface area contributed by atoms with Crippen LogP contribution >= 0.6 is 11.8 Å². The van der Waals surface area contributed by atoms with E-state index in [0.29, 0.717) is 157 Å². The molecule has 4 aliphatic rings. The van der Waals surface area contributed by atoms with Gasteiger partial charge in [-0.25, -0.2) is 4.79 Å². The van der Waals surface area contributed by atoms with Gasteiger partial charge < -0.3 is 73.5 Å². The zero-order chi connectivity index (χ0) is 57.4. The van der Waals surface area contributed by atoms with Crippen molar-refractivity contribution in [3.05, 3.63) is 95.7 Å². The van der Waals surface area contributed by atoms with Gasteiger partial charge in [0.2, 0.25) is 17.5 Å². The number of nitrogens with zero attached hydrogens (tertiary/aromatic N) is 2. The average molecular weight is 1150 g/mol. The molecule has 0 aliphatic carbocycles. The molecule has 4 heterocycles. The number of methoxy groups -OCH3 is 1. The Morgan fingerprint density at radius 3 is 1.84 bits per heavy atom. The summed E-state index contributed by atoms with van der Waals surface area (Å²) in [4.78, 5) is 38.2. The maximum Gasteiger partial charge on any atom is 0.315 e. The van der Waals surface area contributed by atoms with Crippen molar-refractivity contribution in [3.8, 4) is 0 Å². The summed E-state index contributed by atoms with van der Waals surface area (Å²) in [5, 5.41) is 12.1. The molecule has 0 bridgehead atoms. The third-order valence-corrected chi connectivity index (χ3v) is 16.1. The maximum atomic E-state index is 12.2. The van der Waals surface area contributed by atoms with Crippen molar-refractivity contribution in [1.29, 1.82) is 0 Å². The van der Waals surface area contributed by atoms with Crippen LogP contribution in [0, 0.1) is 0 Å². The average Bonchev–Trinajstić information content (AvgIpc) is 4.36. The molecule has 1 unspecified atom stereocenters. The smallest absolute Gasteiger partial charge is 0.315 e. The molecule has 0 aromatic heterocycles. The number of fused-ring (bicyclic) bond motifs is 3. The van der Waals surface area contributed by atoms with E-state index < -0.39 is 0 Å². The quantitative estimate of drug-likeness (QED) is 0.0261. The minimum Gasteiger partial charge on any atom is -0.382 e. The minimum atomic E-state index is -0.186.